The lowest BCUT2D eigenvalue weighted by molar-refractivity contribution is 0.103. The van der Waals surface area contributed by atoms with E-state index < -0.39 is 0 Å². The maximum absolute atomic E-state index is 12.1. The summed E-state index contributed by atoms with van der Waals surface area (Å²) in [6, 6.07) is 7.69. The van der Waals surface area contributed by atoms with Gasteiger partial charge in [-0.05, 0) is 46.5 Å². The largest absolute Gasteiger partial charge is 0.289 e. The predicted octanol–water partition coefficient (Wildman–Crippen LogP) is 4.46. The first-order chi connectivity index (χ1) is 7.72. The predicted molar refractivity (Wildman–Crippen MR) is 73.7 cm³/mol. The van der Waals surface area contributed by atoms with Gasteiger partial charge in [0.05, 0.1) is 0 Å². The first-order valence-electron chi connectivity index (χ1n) is 4.63. The Morgan fingerprint density at radius 2 is 1.94 bits per heavy atom. The Labute approximate surface area is 111 Å². The van der Waals surface area contributed by atoms with Crippen molar-refractivity contribution in [3.8, 4) is 0 Å². The third kappa shape index (κ3) is 2.39. The second kappa shape index (κ2) is 5.17. The third-order valence-corrected chi connectivity index (χ3v) is 4.66. The second-order valence-electron chi connectivity index (χ2n) is 3.19. The fourth-order valence-corrected chi connectivity index (χ4v) is 3.20. The molecule has 0 aliphatic carbocycles. The van der Waals surface area contributed by atoms with Crippen LogP contribution in [0.25, 0.3) is 0 Å². The summed E-state index contributed by atoms with van der Waals surface area (Å²) in [4.78, 5) is 13.3. The van der Waals surface area contributed by atoms with Crippen LogP contribution in [0.5, 0.6) is 0 Å². The van der Waals surface area contributed by atoms with E-state index in [1.165, 1.54) is 16.2 Å². The zero-order chi connectivity index (χ0) is 11.5. The second-order valence-corrected chi connectivity index (χ2v) is 5.67. The Morgan fingerprint density at radius 1 is 1.25 bits per heavy atom. The van der Waals surface area contributed by atoms with Gasteiger partial charge in [-0.25, -0.2) is 0 Å². The van der Waals surface area contributed by atoms with Crippen molar-refractivity contribution in [3.63, 3.8) is 0 Å². The summed E-state index contributed by atoms with van der Waals surface area (Å²) in [5, 5.41) is 3.79. The maximum atomic E-state index is 12.1. The zero-order valence-corrected chi connectivity index (χ0v) is 11.8. The van der Waals surface area contributed by atoms with E-state index in [1.54, 1.807) is 11.8 Å². The molecule has 0 fully saturated rings. The molecule has 0 spiro atoms. The number of ketones is 1. The minimum atomic E-state index is 0.0702. The molecule has 0 N–H and O–H groups in total. The molecule has 2 rings (SSSR count). The SMILES string of the molecule is CSc1ccc(C(=O)c2cscc2Br)cc1. The van der Waals surface area contributed by atoms with Crippen LogP contribution < -0.4 is 0 Å². The van der Waals surface area contributed by atoms with Crippen molar-refractivity contribution in [2.75, 3.05) is 6.26 Å². The number of hydrogen-bond donors (Lipinski definition) is 0. The van der Waals surface area contributed by atoms with Crippen LogP contribution in [0.2, 0.25) is 0 Å². The average molecular weight is 313 g/mol. The molecule has 1 aromatic heterocycles. The number of rotatable bonds is 3. The van der Waals surface area contributed by atoms with Gasteiger partial charge >= 0.3 is 0 Å². The summed E-state index contributed by atoms with van der Waals surface area (Å²) in [6.07, 6.45) is 2.02. The van der Waals surface area contributed by atoms with E-state index in [1.807, 2.05) is 41.3 Å². The van der Waals surface area contributed by atoms with Gasteiger partial charge in [-0.3, -0.25) is 4.79 Å². The van der Waals surface area contributed by atoms with Gasteiger partial charge in [0, 0.05) is 31.3 Å². The lowest BCUT2D eigenvalue weighted by Crippen LogP contribution is -1.99. The van der Waals surface area contributed by atoms with Gasteiger partial charge in [0.25, 0.3) is 0 Å². The number of halogens is 1. The van der Waals surface area contributed by atoms with Crippen molar-refractivity contribution in [2.24, 2.45) is 0 Å². The molecule has 1 nitrogen and oxygen atoms in total. The third-order valence-electron chi connectivity index (χ3n) is 2.21. The summed E-state index contributed by atoms with van der Waals surface area (Å²) in [5.41, 5.74) is 1.47. The van der Waals surface area contributed by atoms with Crippen molar-refractivity contribution in [1.29, 1.82) is 0 Å². The van der Waals surface area contributed by atoms with Crippen LogP contribution in [0.15, 0.2) is 44.4 Å². The van der Waals surface area contributed by atoms with E-state index in [9.17, 15) is 4.79 Å². The number of hydrogen-bond acceptors (Lipinski definition) is 3. The van der Waals surface area contributed by atoms with Crippen molar-refractivity contribution < 1.29 is 4.79 Å². The highest BCUT2D eigenvalue weighted by molar-refractivity contribution is 9.10. The lowest BCUT2D eigenvalue weighted by Gasteiger charge is -2.01. The minimum absolute atomic E-state index is 0.0702. The first-order valence-corrected chi connectivity index (χ1v) is 7.59. The number of thioether (sulfide) groups is 1. The molecule has 0 saturated carbocycles. The van der Waals surface area contributed by atoms with Crippen molar-refractivity contribution in [3.05, 3.63) is 50.6 Å². The molecule has 0 radical (unpaired) electrons. The average Bonchev–Trinajstić information content (AvgIpc) is 2.75. The fraction of sp³-hybridized carbons (Fsp3) is 0.0833. The molecule has 1 aromatic carbocycles. The van der Waals surface area contributed by atoms with Gasteiger partial charge in [-0.1, -0.05) is 0 Å². The topological polar surface area (TPSA) is 17.1 Å². The highest BCUT2D eigenvalue weighted by atomic mass is 79.9. The highest BCUT2D eigenvalue weighted by Gasteiger charge is 2.12. The van der Waals surface area contributed by atoms with Gasteiger partial charge in [-0.2, -0.15) is 11.3 Å². The molecule has 0 amide bonds. The first kappa shape index (κ1) is 11.9. The van der Waals surface area contributed by atoms with Crippen LogP contribution in [-0.4, -0.2) is 12.0 Å². The number of carbonyl (C=O) groups excluding carboxylic acids is 1. The number of thiophene rings is 1. The molecule has 0 unspecified atom stereocenters. The lowest BCUT2D eigenvalue weighted by atomic mass is 10.1. The molecule has 0 aliphatic rings. The van der Waals surface area contributed by atoms with Crippen LogP contribution in [0, 0.1) is 0 Å². The van der Waals surface area contributed by atoms with Crippen LogP contribution in [0.4, 0.5) is 0 Å². The van der Waals surface area contributed by atoms with E-state index in [2.05, 4.69) is 15.9 Å². The summed E-state index contributed by atoms with van der Waals surface area (Å²) in [5.74, 6) is 0.0702. The number of carbonyl (C=O) groups is 1. The van der Waals surface area contributed by atoms with Gasteiger partial charge in [0.2, 0.25) is 0 Å². The number of benzene rings is 1. The van der Waals surface area contributed by atoms with E-state index in [0.29, 0.717) is 0 Å². The van der Waals surface area contributed by atoms with Gasteiger partial charge in [0.1, 0.15) is 0 Å². The summed E-state index contributed by atoms with van der Waals surface area (Å²) >= 11 is 6.57. The minimum Gasteiger partial charge on any atom is -0.289 e. The summed E-state index contributed by atoms with van der Waals surface area (Å²) in [7, 11) is 0. The Kier molecular flexibility index (Phi) is 3.84. The van der Waals surface area contributed by atoms with Crippen LogP contribution in [0.3, 0.4) is 0 Å². The quantitative estimate of drug-likeness (QED) is 0.614. The molecule has 0 aliphatic heterocycles. The van der Waals surface area contributed by atoms with E-state index in [-0.39, 0.29) is 5.78 Å². The van der Waals surface area contributed by atoms with Gasteiger partial charge < -0.3 is 0 Å². The Balaban J connectivity index is 2.31. The highest BCUT2D eigenvalue weighted by Crippen LogP contribution is 2.25. The molecular formula is C12H9BrOS2. The molecule has 1 heterocycles. The fourth-order valence-electron chi connectivity index (χ4n) is 1.34. The zero-order valence-electron chi connectivity index (χ0n) is 8.57. The maximum Gasteiger partial charge on any atom is 0.194 e. The van der Waals surface area contributed by atoms with Crippen LogP contribution in [0.1, 0.15) is 15.9 Å². The molecule has 2 aromatic rings. The van der Waals surface area contributed by atoms with Crippen molar-refractivity contribution in [1.82, 2.24) is 0 Å². The molecule has 0 saturated heterocycles. The van der Waals surface area contributed by atoms with E-state index >= 15 is 0 Å². The Hall–Kier alpha value is -0.580. The van der Waals surface area contributed by atoms with Crippen LogP contribution in [-0.2, 0) is 0 Å². The van der Waals surface area contributed by atoms with Crippen LogP contribution >= 0.6 is 39.0 Å². The molecule has 0 atom stereocenters. The Morgan fingerprint density at radius 3 is 2.44 bits per heavy atom. The van der Waals surface area contributed by atoms with Crippen molar-refractivity contribution in [2.45, 2.75) is 4.90 Å². The standard InChI is InChI=1S/C12H9BrOS2/c1-15-9-4-2-8(3-5-9)12(14)10-6-16-7-11(10)13/h2-7H,1H3. The van der Waals surface area contributed by atoms with Gasteiger partial charge in [-0.15, -0.1) is 11.8 Å². The summed E-state index contributed by atoms with van der Waals surface area (Å²) < 4.78 is 0.872. The van der Waals surface area contributed by atoms with E-state index in [0.717, 1.165) is 15.6 Å². The van der Waals surface area contributed by atoms with Crippen molar-refractivity contribution >= 4 is 44.8 Å². The monoisotopic (exact) mass is 312 g/mol. The Bertz CT molecular complexity index is 502. The van der Waals surface area contributed by atoms with Gasteiger partial charge in [0.15, 0.2) is 5.78 Å². The summed E-state index contributed by atoms with van der Waals surface area (Å²) in [6.45, 7) is 0. The molecule has 0 bridgehead atoms. The molecule has 16 heavy (non-hydrogen) atoms. The normalized spacial score (nSPS) is 10.4. The molecular weight excluding hydrogens is 304 g/mol. The smallest absolute Gasteiger partial charge is 0.194 e. The molecule has 4 heteroatoms. The molecule has 82 valence electrons. The van der Waals surface area contributed by atoms with E-state index in [4.69, 9.17) is 0 Å².